The number of sulfonamides is 1. The third kappa shape index (κ3) is 4.29. The highest BCUT2D eigenvalue weighted by Gasteiger charge is 2.25. The van der Waals surface area contributed by atoms with Gasteiger partial charge in [-0.25, -0.2) is 13.2 Å². The molecule has 4 aromatic rings. The zero-order chi connectivity index (χ0) is 23.9. The van der Waals surface area contributed by atoms with Crippen LogP contribution in [0.25, 0.3) is 21.9 Å². The van der Waals surface area contributed by atoms with Crippen molar-refractivity contribution in [1.82, 2.24) is 0 Å². The lowest BCUT2D eigenvalue weighted by molar-refractivity contribution is 0.0697. The lowest BCUT2D eigenvalue weighted by Crippen LogP contribution is -2.16. The summed E-state index contributed by atoms with van der Waals surface area (Å²) < 4.78 is 29.3. The van der Waals surface area contributed by atoms with E-state index in [1.54, 1.807) is 56.3 Å². The standard InChI is InChI=1S/C25H19Cl2NO4S/c1-14-12-21(26)15(2)24(23(14)27)33(31,32)28-22-11-10-18(19-8-3-4-9-20(19)22)16-6-5-7-17(13-16)25(29)30/h3-13,28H,1-2H3,(H,29,30). The van der Waals surface area contributed by atoms with Crippen molar-refractivity contribution in [1.29, 1.82) is 0 Å². The van der Waals surface area contributed by atoms with E-state index in [1.807, 2.05) is 18.2 Å². The Kier molecular flexibility index (Phi) is 6.10. The largest absolute Gasteiger partial charge is 0.478 e. The molecule has 0 radical (unpaired) electrons. The summed E-state index contributed by atoms with van der Waals surface area (Å²) in [6.45, 7) is 3.31. The molecule has 0 unspecified atom stereocenters. The van der Waals surface area contributed by atoms with Gasteiger partial charge in [0.1, 0.15) is 4.90 Å². The number of halogens is 2. The van der Waals surface area contributed by atoms with Gasteiger partial charge >= 0.3 is 5.97 Å². The number of fused-ring (bicyclic) bond motifs is 1. The van der Waals surface area contributed by atoms with Crippen LogP contribution in [0.5, 0.6) is 0 Å². The summed E-state index contributed by atoms with van der Waals surface area (Å²) in [5.41, 5.74) is 2.96. The van der Waals surface area contributed by atoms with Crippen molar-refractivity contribution in [2.24, 2.45) is 0 Å². The molecule has 168 valence electrons. The van der Waals surface area contributed by atoms with E-state index in [9.17, 15) is 18.3 Å². The van der Waals surface area contributed by atoms with Crippen LogP contribution in [0.3, 0.4) is 0 Å². The number of hydrogen-bond acceptors (Lipinski definition) is 3. The number of hydrogen-bond donors (Lipinski definition) is 2. The number of rotatable bonds is 5. The molecular weight excluding hydrogens is 481 g/mol. The first kappa shape index (κ1) is 23.1. The quantitative estimate of drug-likeness (QED) is 0.311. The van der Waals surface area contributed by atoms with Gasteiger partial charge in [-0.3, -0.25) is 4.72 Å². The van der Waals surface area contributed by atoms with Gasteiger partial charge in [-0.2, -0.15) is 0 Å². The predicted octanol–water partition coefficient (Wildman–Crippen LogP) is 6.93. The average molecular weight is 500 g/mol. The highest BCUT2D eigenvalue weighted by atomic mass is 35.5. The van der Waals surface area contributed by atoms with Crippen molar-refractivity contribution in [3.8, 4) is 11.1 Å². The second-order valence-electron chi connectivity index (χ2n) is 7.64. The molecule has 4 aromatic carbocycles. The van der Waals surface area contributed by atoms with E-state index in [4.69, 9.17) is 23.2 Å². The van der Waals surface area contributed by atoms with Gasteiger partial charge in [0.15, 0.2) is 0 Å². The van der Waals surface area contributed by atoms with Crippen molar-refractivity contribution in [3.05, 3.63) is 93.5 Å². The van der Waals surface area contributed by atoms with E-state index in [0.717, 1.165) is 10.9 Å². The van der Waals surface area contributed by atoms with E-state index < -0.39 is 16.0 Å². The number of benzene rings is 4. The first-order chi connectivity index (χ1) is 15.6. The van der Waals surface area contributed by atoms with Gasteiger partial charge in [0.25, 0.3) is 10.0 Å². The minimum absolute atomic E-state index is 0.0588. The molecule has 5 nitrogen and oxygen atoms in total. The van der Waals surface area contributed by atoms with Crippen molar-refractivity contribution < 1.29 is 18.3 Å². The minimum atomic E-state index is -4.05. The number of nitrogens with one attached hydrogen (secondary N) is 1. The molecule has 33 heavy (non-hydrogen) atoms. The second-order valence-corrected chi connectivity index (χ2v) is 10.0. The molecule has 0 saturated carbocycles. The molecule has 0 saturated heterocycles. The summed E-state index contributed by atoms with van der Waals surface area (Å²) in [7, 11) is -4.05. The molecule has 4 rings (SSSR count). The number of aromatic carboxylic acids is 1. The van der Waals surface area contributed by atoms with Gasteiger partial charge in [-0.05, 0) is 65.8 Å². The summed E-state index contributed by atoms with van der Waals surface area (Å²) in [4.78, 5) is 11.3. The zero-order valence-electron chi connectivity index (χ0n) is 17.7. The Morgan fingerprint density at radius 3 is 2.30 bits per heavy atom. The summed E-state index contributed by atoms with van der Waals surface area (Å²) in [5.74, 6) is -1.02. The van der Waals surface area contributed by atoms with Crippen LogP contribution in [0.4, 0.5) is 5.69 Å². The Morgan fingerprint density at radius 1 is 0.909 bits per heavy atom. The Morgan fingerprint density at radius 2 is 1.61 bits per heavy atom. The maximum Gasteiger partial charge on any atom is 0.335 e. The van der Waals surface area contributed by atoms with Gasteiger partial charge in [0.2, 0.25) is 0 Å². The molecule has 0 fully saturated rings. The van der Waals surface area contributed by atoms with Crippen LogP contribution in [-0.4, -0.2) is 19.5 Å². The van der Waals surface area contributed by atoms with Gasteiger partial charge in [0, 0.05) is 10.4 Å². The zero-order valence-corrected chi connectivity index (χ0v) is 20.0. The molecule has 0 spiro atoms. The van der Waals surface area contributed by atoms with Crippen LogP contribution in [0.1, 0.15) is 21.5 Å². The van der Waals surface area contributed by atoms with Crippen molar-refractivity contribution in [2.45, 2.75) is 18.7 Å². The second kappa shape index (κ2) is 8.71. The minimum Gasteiger partial charge on any atom is -0.478 e. The van der Waals surface area contributed by atoms with Crippen molar-refractivity contribution in [2.75, 3.05) is 4.72 Å². The van der Waals surface area contributed by atoms with Crippen LogP contribution in [0.2, 0.25) is 10.0 Å². The number of carboxylic acid groups (broad SMARTS) is 1. The molecule has 0 bridgehead atoms. The normalized spacial score (nSPS) is 11.5. The number of aryl methyl sites for hydroxylation is 1. The van der Waals surface area contributed by atoms with Crippen LogP contribution in [-0.2, 0) is 10.0 Å². The SMILES string of the molecule is Cc1cc(Cl)c(C)c(S(=O)(=O)Nc2ccc(-c3cccc(C(=O)O)c3)c3ccccc23)c1Cl. The van der Waals surface area contributed by atoms with E-state index in [1.165, 1.54) is 6.07 Å². The fourth-order valence-electron chi connectivity index (χ4n) is 3.79. The third-order valence-electron chi connectivity index (χ3n) is 5.45. The van der Waals surface area contributed by atoms with Crippen molar-refractivity contribution in [3.63, 3.8) is 0 Å². The Hall–Kier alpha value is -3.06. The van der Waals surface area contributed by atoms with Crippen molar-refractivity contribution >= 4 is 55.7 Å². The molecule has 0 aliphatic carbocycles. The number of anilines is 1. The highest BCUT2D eigenvalue weighted by molar-refractivity contribution is 7.93. The van der Waals surface area contributed by atoms with Gasteiger partial charge in [-0.15, -0.1) is 0 Å². The predicted molar refractivity (Wildman–Crippen MR) is 133 cm³/mol. The van der Waals surface area contributed by atoms with E-state index in [-0.39, 0.29) is 15.5 Å². The van der Waals surface area contributed by atoms with Crippen LogP contribution >= 0.6 is 23.2 Å². The molecule has 0 amide bonds. The molecular formula is C25H19Cl2NO4S. The maximum atomic E-state index is 13.3. The smallest absolute Gasteiger partial charge is 0.335 e. The fourth-order valence-corrected chi connectivity index (χ4v) is 6.08. The third-order valence-corrected chi connectivity index (χ3v) is 7.97. The number of carbonyl (C=O) groups is 1. The van der Waals surface area contributed by atoms with Gasteiger partial charge in [0.05, 0.1) is 16.3 Å². The monoisotopic (exact) mass is 499 g/mol. The number of carboxylic acids is 1. The van der Waals surface area contributed by atoms with E-state index in [2.05, 4.69) is 4.72 Å². The van der Waals surface area contributed by atoms with E-state index >= 15 is 0 Å². The molecule has 0 aromatic heterocycles. The average Bonchev–Trinajstić information content (AvgIpc) is 2.78. The van der Waals surface area contributed by atoms with Crippen LogP contribution in [0.15, 0.2) is 71.6 Å². The van der Waals surface area contributed by atoms with Crippen LogP contribution < -0.4 is 4.72 Å². The molecule has 0 atom stereocenters. The molecule has 2 N–H and O–H groups in total. The molecule has 0 heterocycles. The van der Waals surface area contributed by atoms with Gasteiger partial charge in [-0.1, -0.05) is 65.7 Å². The Bertz CT molecular complexity index is 1510. The topological polar surface area (TPSA) is 83.5 Å². The lowest BCUT2D eigenvalue weighted by Gasteiger charge is -2.17. The summed E-state index contributed by atoms with van der Waals surface area (Å²) in [6.07, 6.45) is 0. The van der Waals surface area contributed by atoms with E-state index in [0.29, 0.717) is 32.8 Å². The maximum absolute atomic E-state index is 13.3. The first-order valence-electron chi connectivity index (χ1n) is 9.93. The summed E-state index contributed by atoms with van der Waals surface area (Å²) in [5, 5.41) is 11.2. The fraction of sp³-hybridized carbons (Fsp3) is 0.0800. The molecule has 0 aliphatic rings. The summed E-state index contributed by atoms with van der Waals surface area (Å²) in [6, 6.07) is 19.0. The van der Waals surface area contributed by atoms with Gasteiger partial charge < -0.3 is 5.11 Å². The molecule has 0 aliphatic heterocycles. The first-order valence-corrected chi connectivity index (χ1v) is 12.2. The van der Waals surface area contributed by atoms with Crippen LogP contribution in [0, 0.1) is 13.8 Å². The summed E-state index contributed by atoms with van der Waals surface area (Å²) >= 11 is 12.6. The Balaban J connectivity index is 1.86. The lowest BCUT2D eigenvalue weighted by atomic mass is 9.96. The highest BCUT2D eigenvalue weighted by Crippen LogP contribution is 2.37. The Labute approximate surface area is 201 Å². The molecule has 8 heteroatoms.